The van der Waals surface area contributed by atoms with E-state index in [0.29, 0.717) is 23.0 Å². The first kappa shape index (κ1) is 14.8. The summed E-state index contributed by atoms with van der Waals surface area (Å²) in [7, 11) is 0. The third kappa shape index (κ3) is 2.92. The Morgan fingerprint density at radius 2 is 2.05 bits per heavy atom. The fourth-order valence-corrected chi connectivity index (χ4v) is 3.39. The summed E-state index contributed by atoms with van der Waals surface area (Å²) in [6.45, 7) is 4.12. The number of carbonyl (C=O) groups is 1. The van der Waals surface area contributed by atoms with Gasteiger partial charge in [0, 0.05) is 29.7 Å². The minimum atomic E-state index is -0.236. The van der Waals surface area contributed by atoms with Gasteiger partial charge in [0.2, 0.25) is 5.91 Å². The van der Waals surface area contributed by atoms with Crippen molar-refractivity contribution in [3.63, 3.8) is 0 Å². The standard InChI is InChI=1S/C16H17N3O2S/c1-10-3-5-13(6-4-10)18-14(20)12-8-19-15(21)11(2)7-17-16(19)22-9-12/h3-7,12H,8-9H2,1-2H3,(H,18,20). The Labute approximate surface area is 132 Å². The highest BCUT2D eigenvalue weighted by Gasteiger charge is 2.27. The number of fused-ring (bicyclic) bond motifs is 1. The van der Waals surface area contributed by atoms with Crippen LogP contribution in [0.15, 0.2) is 40.4 Å². The number of thioether (sulfide) groups is 1. The molecule has 1 amide bonds. The first-order valence-corrected chi connectivity index (χ1v) is 8.10. The van der Waals surface area contributed by atoms with Gasteiger partial charge in [-0.2, -0.15) is 0 Å². The molecule has 1 unspecified atom stereocenters. The zero-order valence-corrected chi connectivity index (χ0v) is 13.3. The summed E-state index contributed by atoms with van der Waals surface area (Å²) in [6, 6.07) is 7.68. The van der Waals surface area contributed by atoms with Gasteiger partial charge in [-0.15, -0.1) is 0 Å². The summed E-state index contributed by atoms with van der Waals surface area (Å²) in [4.78, 5) is 28.8. The Morgan fingerprint density at radius 1 is 1.32 bits per heavy atom. The molecule has 6 heteroatoms. The molecule has 0 radical (unpaired) electrons. The van der Waals surface area contributed by atoms with Crippen LogP contribution in [0.1, 0.15) is 11.1 Å². The molecule has 22 heavy (non-hydrogen) atoms. The Kier molecular flexibility index (Phi) is 4.02. The molecule has 114 valence electrons. The van der Waals surface area contributed by atoms with E-state index in [0.717, 1.165) is 11.3 Å². The van der Waals surface area contributed by atoms with Crippen LogP contribution in [0.3, 0.4) is 0 Å². The normalized spacial score (nSPS) is 16.9. The highest BCUT2D eigenvalue weighted by atomic mass is 32.2. The Balaban J connectivity index is 1.76. The molecule has 1 atom stereocenters. The van der Waals surface area contributed by atoms with Crippen LogP contribution in [0, 0.1) is 19.8 Å². The lowest BCUT2D eigenvalue weighted by atomic mass is 10.1. The van der Waals surface area contributed by atoms with Crippen molar-refractivity contribution in [3.8, 4) is 0 Å². The van der Waals surface area contributed by atoms with E-state index in [-0.39, 0.29) is 17.4 Å². The third-order valence-electron chi connectivity index (χ3n) is 3.69. The van der Waals surface area contributed by atoms with Crippen molar-refractivity contribution in [1.82, 2.24) is 9.55 Å². The predicted octanol–water partition coefficient (Wildman–Crippen LogP) is 2.22. The van der Waals surface area contributed by atoms with Gasteiger partial charge >= 0.3 is 0 Å². The number of nitrogens with one attached hydrogen (secondary N) is 1. The monoisotopic (exact) mass is 315 g/mol. The molecule has 1 aromatic carbocycles. The SMILES string of the molecule is Cc1ccc(NC(=O)C2CSc3ncc(C)c(=O)n3C2)cc1. The summed E-state index contributed by atoms with van der Waals surface area (Å²) < 4.78 is 1.60. The van der Waals surface area contributed by atoms with Crippen molar-refractivity contribution in [2.45, 2.75) is 25.5 Å². The fraction of sp³-hybridized carbons (Fsp3) is 0.312. The second kappa shape index (κ2) is 5.96. The topological polar surface area (TPSA) is 64.0 Å². The van der Waals surface area contributed by atoms with Crippen molar-refractivity contribution < 1.29 is 4.79 Å². The van der Waals surface area contributed by atoms with Crippen LogP contribution >= 0.6 is 11.8 Å². The minimum absolute atomic E-state index is 0.0598. The number of aromatic nitrogens is 2. The number of hydrogen-bond donors (Lipinski definition) is 1. The number of aryl methyl sites for hydroxylation is 2. The zero-order chi connectivity index (χ0) is 15.7. The number of carbonyl (C=O) groups excluding carboxylic acids is 1. The first-order valence-electron chi connectivity index (χ1n) is 7.11. The molecule has 1 aliphatic rings. The zero-order valence-electron chi connectivity index (χ0n) is 12.5. The highest BCUT2D eigenvalue weighted by Crippen LogP contribution is 2.25. The van der Waals surface area contributed by atoms with Crippen LogP contribution in [0.25, 0.3) is 0 Å². The molecular weight excluding hydrogens is 298 g/mol. The Bertz CT molecular complexity index is 768. The lowest BCUT2D eigenvalue weighted by Crippen LogP contribution is -2.37. The largest absolute Gasteiger partial charge is 0.326 e. The van der Waals surface area contributed by atoms with Gasteiger partial charge in [-0.05, 0) is 26.0 Å². The van der Waals surface area contributed by atoms with Gasteiger partial charge in [0.1, 0.15) is 0 Å². The fourth-order valence-electron chi connectivity index (χ4n) is 2.34. The molecule has 0 saturated carbocycles. The van der Waals surface area contributed by atoms with Gasteiger partial charge in [0.25, 0.3) is 5.56 Å². The van der Waals surface area contributed by atoms with Gasteiger partial charge < -0.3 is 5.32 Å². The molecule has 0 bridgehead atoms. The summed E-state index contributed by atoms with van der Waals surface area (Å²) in [5.74, 6) is 0.336. The van der Waals surface area contributed by atoms with Crippen LogP contribution in [-0.4, -0.2) is 21.2 Å². The average molecular weight is 315 g/mol. The van der Waals surface area contributed by atoms with Crippen LogP contribution in [0.5, 0.6) is 0 Å². The maximum atomic E-state index is 12.4. The lowest BCUT2D eigenvalue weighted by molar-refractivity contribution is -0.119. The number of hydrogen-bond acceptors (Lipinski definition) is 4. The average Bonchev–Trinajstić information content (AvgIpc) is 2.53. The summed E-state index contributed by atoms with van der Waals surface area (Å²) in [5, 5.41) is 3.61. The van der Waals surface area contributed by atoms with Crippen LogP contribution in [-0.2, 0) is 11.3 Å². The van der Waals surface area contributed by atoms with Crippen LogP contribution in [0.2, 0.25) is 0 Å². The van der Waals surface area contributed by atoms with E-state index in [2.05, 4.69) is 10.3 Å². The molecule has 3 rings (SSSR count). The molecule has 0 saturated heterocycles. The molecule has 1 aliphatic heterocycles. The van der Waals surface area contributed by atoms with E-state index in [4.69, 9.17) is 0 Å². The Morgan fingerprint density at radius 3 is 2.77 bits per heavy atom. The van der Waals surface area contributed by atoms with Crippen molar-refractivity contribution in [2.75, 3.05) is 11.1 Å². The lowest BCUT2D eigenvalue weighted by Gasteiger charge is -2.24. The van der Waals surface area contributed by atoms with E-state index in [1.165, 1.54) is 11.8 Å². The summed E-state index contributed by atoms with van der Waals surface area (Å²) in [5.41, 5.74) is 2.46. The molecule has 2 aromatic rings. The molecule has 2 heterocycles. The second-order valence-electron chi connectivity index (χ2n) is 5.50. The molecule has 1 N–H and O–H groups in total. The predicted molar refractivity (Wildman–Crippen MR) is 87.3 cm³/mol. The number of rotatable bonds is 2. The van der Waals surface area contributed by atoms with E-state index < -0.39 is 0 Å². The van der Waals surface area contributed by atoms with E-state index in [9.17, 15) is 9.59 Å². The first-order chi connectivity index (χ1) is 10.5. The second-order valence-corrected chi connectivity index (χ2v) is 6.49. The number of amides is 1. The van der Waals surface area contributed by atoms with Gasteiger partial charge in [0.05, 0.1) is 5.92 Å². The van der Waals surface area contributed by atoms with Crippen LogP contribution < -0.4 is 10.9 Å². The maximum Gasteiger partial charge on any atom is 0.257 e. The molecule has 1 aromatic heterocycles. The molecule has 0 spiro atoms. The van der Waals surface area contributed by atoms with E-state index in [1.54, 1.807) is 17.7 Å². The summed E-state index contributed by atoms with van der Waals surface area (Å²) >= 11 is 1.45. The van der Waals surface area contributed by atoms with Gasteiger partial charge in [-0.3, -0.25) is 14.2 Å². The minimum Gasteiger partial charge on any atom is -0.326 e. The highest BCUT2D eigenvalue weighted by molar-refractivity contribution is 7.99. The number of nitrogens with zero attached hydrogens (tertiary/aromatic N) is 2. The van der Waals surface area contributed by atoms with Gasteiger partial charge in [-0.1, -0.05) is 29.5 Å². The maximum absolute atomic E-state index is 12.4. The van der Waals surface area contributed by atoms with Gasteiger partial charge in [-0.25, -0.2) is 4.98 Å². The van der Waals surface area contributed by atoms with Crippen molar-refractivity contribution >= 4 is 23.4 Å². The number of benzene rings is 1. The number of anilines is 1. The van der Waals surface area contributed by atoms with E-state index in [1.807, 2.05) is 31.2 Å². The van der Waals surface area contributed by atoms with Crippen molar-refractivity contribution in [3.05, 3.63) is 51.9 Å². The molecular formula is C16H17N3O2S. The molecule has 5 nitrogen and oxygen atoms in total. The summed E-state index contributed by atoms with van der Waals surface area (Å²) in [6.07, 6.45) is 1.59. The third-order valence-corrected chi connectivity index (χ3v) is 4.84. The smallest absolute Gasteiger partial charge is 0.257 e. The van der Waals surface area contributed by atoms with E-state index >= 15 is 0 Å². The van der Waals surface area contributed by atoms with Gasteiger partial charge in [0.15, 0.2) is 5.16 Å². The van der Waals surface area contributed by atoms with Crippen molar-refractivity contribution in [2.24, 2.45) is 5.92 Å². The Hall–Kier alpha value is -2.08. The molecule has 0 aliphatic carbocycles. The van der Waals surface area contributed by atoms with Crippen molar-refractivity contribution in [1.29, 1.82) is 0 Å². The molecule has 0 fully saturated rings. The quantitative estimate of drug-likeness (QED) is 0.863. The van der Waals surface area contributed by atoms with Crippen LogP contribution in [0.4, 0.5) is 5.69 Å².